The van der Waals surface area contributed by atoms with Gasteiger partial charge in [0, 0.05) is 34.6 Å². The van der Waals surface area contributed by atoms with Crippen LogP contribution in [0, 0.1) is 5.92 Å². The molecule has 0 radical (unpaired) electrons. The van der Waals surface area contributed by atoms with Gasteiger partial charge in [0.15, 0.2) is 0 Å². The summed E-state index contributed by atoms with van der Waals surface area (Å²) in [6, 6.07) is 11.7. The number of nitrogens with zero attached hydrogens (tertiary/aromatic N) is 1. The number of hydrogen-bond acceptors (Lipinski definition) is 6. The zero-order valence-electron chi connectivity index (χ0n) is 19.1. The lowest BCUT2D eigenvalue weighted by molar-refractivity contribution is -0.137. The van der Waals surface area contributed by atoms with E-state index in [9.17, 15) is 18.0 Å². The number of nitrogens with two attached hydrogens (primary N) is 1. The Hall–Kier alpha value is -3.38. The van der Waals surface area contributed by atoms with Gasteiger partial charge < -0.3 is 20.2 Å². The Balaban J connectivity index is 0.000000454. The number of sulfonamides is 1. The number of halogens is 2. The fourth-order valence-electron chi connectivity index (χ4n) is 3.19. The highest BCUT2D eigenvalue weighted by molar-refractivity contribution is 7.89. The first kappa shape index (κ1) is 27.2. The van der Waals surface area contributed by atoms with Crippen LogP contribution < -0.4 is 15.8 Å². The van der Waals surface area contributed by atoms with Crippen LogP contribution in [0.15, 0.2) is 57.8 Å². The fraction of sp³-hybridized carbons (Fsp3) is 0.174. The molecule has 36 heavy (non-hydrogen) atoms. The maximum absolute atomic E-state index is 12.2. The molecule has 0 fully saturated rings. The van der Waals surface area contributed by atoms with Gasteiger partial charge in [-0.2, -0.15) is 0 Å². The minimum atomic E-state index is -3.83. The maximum atomic E-state index is 12.2. The summed E-state index contributed by atoms with van der Waals surface area (Å²) >= 11 is 11.6. The average molecular weight is 553 g/mol. The second-order valence-electron chi connectivity index (χ2n) is 8.09. The van der Waals surface area contributed by atoms with Gasteiger partial charge in [-0.15, -0.1) is 0 Å². The number of aromatic nitrogens is 1. The van der Waals surface area contributed by atoms with Crippen LogP contribution in [0.3, 0.4) is 0 Å². The summed E-state index contributed by atoms with van der Waals surface area (Å²) in [4.78, 5) is 25.8. The molecule has 10 nitrogen and oxygen atoms in total. The maximum Gasteiger partial charge on any atom is 0.323 e. The number of hydrogen-bond donors (Lipinski definition) is 4. The molecule has 13 heteroatoms. The molecule has 4 aromatic rings. The molecule has 0 unspecified atom stereocenters. The number of carbonyl (C=O) groups excluding carboxylic acids is 1. The zero-order valence-corrected chi connectivity index (χ0v) is 21.4. The van der Waals surface area contributed by atoms with Gasteiger partial charge in [-0.3, -0.25) is 4.79 Å². The van der Waals surface area contributed by atoms with Crippen LogP contribution in [0.1, 0.15) is 20.3 Å². The zero-order chi connectivity index (χ0) is 26.6. The number of furan rings is 1. The van der Waals surface area contributed by atoms with Crippen molar-refractivity contribution in [1.29, 1.82) is 0 Å². The number of pyridine rings is 1. The summed E-state index contributed by atoms with van der Waals surface area (Å²) in [6.45, 7) is 3.77. The van der Waals surface area contributed by atoms with Gasteiger partial charge in [-0.1, -0.05) is 37.0 Å². The number of carboxylic acids is 1. The van der Waals surface area contributed by atoms with Crippen LogP contribution >= 0.6 is 23.2 Å². The minimum Gasteiger partial charge on any atom is -0.481 e. The topological polar surface area (TPSA) is 165 Å². The summed E-state index contributed by atoms with van der Waals surface area (Å²) in [5, 5.41) is 20.1. The smallest absolute Gasteiger partial charge is 0.323 e. The summed E-state index contributed by atoms with van der Waals surface area (Å²) in [7, 11) is -3.83. The summed E-state index contributed by atoms with van der Waals surface area (Å²) in [5.41, 5.74) is 1.81. The van der Waals surface area contributed by atoms with E-state index in [-0.39, 0.29) is 27.5 Å². The van der Waals surface area contributed by atoms with Crippen molar-refractivity contribution in [1.82, 2.24) is 4.98 Å². The molecule has 0 atom stereocenters. The van der Waals surface area contributed by atoms with Gasteiger partial charge in [-0.25, -0.2) is 23.3 Å². The van der Waals surface area contributed by atoms with Crippen molar-refractivity contribution in [2.45, 2.75) is 25.2 Å². The summed E-state index contributed by atoms with van der Waals surface area (Å²) in [6.07, 6.45) is 0.278. The Morgan fingerprint density at radius 1 is 0.972 bits per heavy atom. The van der Waals surface area contributed by atoms with Crippen molar-refractivity contribution >= 4 is 78.5 Å². The Kier molecular flexibility index (Phi) is 8.41. The number of carboxylic acid groups (broad SMARTS) is 1. The van der Waals surface area contributed by atoms with Crippen LogP contribution in [0.25, 0.3) is 21.9 Å². The first-order valence-electron chi connectivity index (χ1n) is 10.4. The van der Waals surface area contributed by atoms with Gasteiger partial charge in [0.05, 0.1) is 4.90 Å². The van der Waals surface area contributed by atoms with E-state index in [2.05, 4.69) is 15.6 Å². The van der Waals surface area contributed by atoms with Crippen molar-refractivity contribution < 1.29 is 27.5 Å². The molecule has 0 saturated carbocycles. The van der Waals surface area contributed by atoms with Crippen LogP contribution in [0.4, 0.5) is 16.2 Å². The van der Waals surface area contributed by atoms with Crippen molar-refractivity contribution in [3.8, 4) is 0 Å². The third kappa shape index (κ3) is 7.31. The van der Waals surface area contributed by atoms with E-state index in [1.807, 2.05) is 13.8 Å². The third-order valence-corrected chi connectivity index (χ3v) is 5.93. The molecule has 0 aliphatic heterocycles. The Morgan fingerprint density at radius 3 is 2.17 bits per heavy atom. The number of carbonyl (C=O) groups is 2. The highest BCUT2D eigenvalue weighted by Crippen LogP contribution is 2.32. The fourth-order valence-corrected chi connectivity index (χ4v) is 4.19. The van der Waals surface area contributed by atoms with Crippen molar-refractivity contribution in [3.05, 3.63) is 58.8 Å². The minimum absolute atomic E-state index is 0.0102. The first-order chi connectivity index (χ1) is 16.8. The number of anilines is 2. The molecule has 2 aromatic carbocycles. The molecule has 2 heterocycles. The van der Waals surface area contributed by atoms with Crippen molar-refractivity contribution in [3.63, 3.8) is 0 Å². The molecule has 0 spiro atoms. The number of aliphatic carboxylic acids is 1. The Bertz CT molecular complexity index is 1530. The molecule has 190 valence electrons. The number of nitrogens with one attached hydrogen (secondary N) is 2. The number of amides is 2. The lowest BCUT2D eigenvalue weighted by atomic mass is 10.1. The number of rotatable bonds is 5. The monoisotopic (exact) mass is 552 g/mol. The normalized spacial score (nSPS) is 11.3. The van der Waals surface area contributed by atoms with E-state index in [0.717, 1.165) is 0 Å². The number of urea groups is 1. The molecule has 0 aliphatic rings. The molecule has 2 aromatic heterocycles. The van der Waals surface area contributed by atoms with E-state index in [1.165, 1.54) is 30.3 Å². The van der Waals surface area contributed by atoms with Gasteiger partial charge >= 0.3 is 12.0 Å². The molecular weight excluding hydrogens is 531 g/mol. The molecule has 0 aliphatic carbocycles. The van der Waals surface area contributed by atoms with E-state index >= 15 is 0 Å². The van der Waals surface area contributed by atoms with Gasteiger partial charge in [0.2, 0.25) is 10.0 Å². The summed E-state index contributed by atoms with van der Waals surface area (Å²) < 4.78 is 28.9. The number of fused-ring (bicyclic) bond motifs is 3. The number of primary sulfonamides is 1. The van der Waals surface area contributed by atoms with Crippen molar-refractivity contribution in [2.75, 3.05) is 10.6 Å². The van der Waals surface area contributed by atoms with Gasteiger partial charge in [-0.05, 0) is 48.4 Å². The van der Waals surface area contributed by atoms with E-state index < -0.39 is 22.0 Å². The molecule has 5 N–H and O–H groups in total. The Morgan fingerprint density at radius 2 is 1.61 bits per heavy atom. The van der Waals surface area contributed by atoms with Gasteiger partial charge in [0.1, 0.15) is 21.5 Å². The second-order valence-corrected chi connectivity index (χ2v) is 10.4. The predicted molar refractivity (Wildman–Crippen MR) is 139 cm³/mol. The molecule has 2 amide bonds. The van der Waals surface area contributed by atoms with Gasteiger partial charge in [0.25, 0.3) is 0 Å². The molecule has 0 saturated heterocycles. The molecule has 0 bridgehead atoms. The van der Waals surface area contributed by atoms with Crippen LogP contribution in [-0.4, -0.2) is 30.5 Å². The van der Waals surface area contributed by atoms with E-state index in [4.69, 9.17) is 37.9 Å². The molecular formula is C23H22Cl2N4O6S. The largest absolute Gasteiger partial charge is 0.481 e. The standard InChI is InChI=1S/C18H12Cl2N4O4S.C5H10O2/c19-16-6-10(7-17(20)24-16)23-18(25)22-9-1-3-12-13-8-11(29(21,26)27)2-4-14(13)28-15(12)5-9;1-4(2)3-5(6)7/h1-8H,(H2,21,26,27)(H2,22,23,24,25);4H,3H2,1-2H3,(H,6,7). The van der Waals surface area contributed by atoms with Crippen LogP contribution in [-0.2, 0) is 14.8 Å². The predicted octanol–water partition coefficient (Wildman–Crippen LogP) is 5.70. The highest BCUT2D eigenvalue weighted by atomic mass is 35.5. The van der Waals surface area contributed by atoms with Crippen LogP contribution in [0.5, 0.6) is 0 Å². The quantitative estimate of drug-likeness (QED) is 0.230. The highest BCUT2D eigenvalue weighted by Gasteiger charge is 2.14. The lowest BCUT2D eigenvalue weighted by Crippen LogP contribution is -2.19. The van der Waals surface area contributed by atoms with E-state index in [0.29, 0.717) is 33.3 Å². The Labute approximate surface area is 216 Å². The third-order valence-electron chi connectivity index (χ3n) is 4.63. The second kappa shape index (κ2) is 11.1. The first-order valence-corrected chi connectivity index (χ1v) is 12.7. The summed E-state index contributed by atoms with van der Waals surface area (Å²) in [5.74, 6) is -0.438. The van der Waals surface area contributed by atoms with E-state index in [1.54, 1.807) is 18.2 Å². The average Bonchev–Trinajstić information content (AvgIpc) is 3.08. The lowest BCUT2D eigenvalue weighted by Gasteiger charge is -2.08. The molecule has 4 rings (SSSR count). The number of benzene rings is 2. The van der Waals surface area contributed by atoms with Crippen LogP contribution in [0.2, 0.25) is 10.3 Å². The SMILES string of the molecule is CC(C)CC(=O)O.NS(=O)(=O)c1ccc2oc3cc(NC(=O)Nc4cc(Cl)nc(Cl)c4)ccc3c2c1. The van der Waals surface area contributed by atoms with Crippen molar-refractivity contribution in [2.24, 2.45) is 11.1 Å².